The molecule has 0 unspecified atom stereocenters. The van der Waals surface area contributed by atoms with E-state index >= 15 is 0 Å². The summed E-state index contributed by atoms with van der Waals surface area (Å²) in [4.78, 5) is 12.5. The monoisotopic (exact) mass is 432 g/mol. The van der Waals surface area contributed by atoms with Gasteiger partial charge in [-0.05, 0) is 49.2 Å². The highest BCUT2D eigenvalue weighted by atomic mass is 35.5. The second-order valence-electron chi connectivity index (χ2n) is 6.29. The van der Waals surface area contributed by atoms with Gasteiger partial charge in [0, 0.05) is 12.2 Å². The smallest absolute Gasteiger partial charge is 0.322 e. The molecule has 0 aliphatic carbocycles. The normalized spacial score (nSPS) is 16.6. The Balaban J connectivity index is 1.88. The van der Waals surface area contributed by atoms with Crippen LogP contribution in [0.25, 0.3) is 0 Å². The first-order chi connectivity index (χ1) is 13.1. The number of hydrogen-bond acceptors (Lipinski definition) is 3. The van der Waals surface area contributed by atoms with Gasteiger partial charge in [0.1, 0.15) is 0 Å². The van der Waals surface area contributed by atoms with Crippen LogP contribution in [0.5, 0.6) is 0 Å². The van der Waals surface area contributed by atoms with Crippen molar-refractivity contribution in [3.63, 3.8) is 0 Å². The first kappa shape index (κ1) is 20.5. The Kier molecular flexibility index (Phi) is 5.58. The van der Waals surface area contributed by atoms with Crippen LogP contribution in [0.3, 0.4) is 0 Å². The molecule has 1 N–H and O–H groups in total. The third-order valence-corrected chi connectivity index (χ3v) is 6.48. The van der Waals surface area contributed by atoms with Crippen LogP contribution in [-0.2, 0) is 16.2 Å². The molecular formula is C18H16ClF3N2O3S. The second kappa shape index (κ2) is 7.63. The molecule has 28 heavy (non-hydrogen) atoms. The Labute approximate surface area is 165 Å². The third-order valence-electron chi connectivity index (χ3n) is 4.28. The number of carbonyl (C=O) groups excluding carboxylic acids is 1. The van der Waals surface area contributed by atoms with Crippen molar-refractivity contribution >= 4 is 38.9 Å². The van der Waals surface area contributed by atoms with Gasteiger partial charge in [-0.2, -0.15) is 13.2 Å². The minimum atomic E-state index is -4.54. The zero-order valence-electron chi connectivity index (χ0n) is 14.5. The van der Waals surface area contributed by atoms with Crippen LogP contribution in [-0.4, -0.2) is 26.6 Å². The minimum absolute atomic E-state index is 0.0153. The molecule has 0 bridgehead atoms. The molecule has 2 aromatic rings. The van der Waals surface area contributed by atoms with E-state index in [2.05, 4.69) is 5.32 Å². The lowest BCUT2D eigenvalue weighted by Crippen LogP contribution is -2.38. The van der Waals surface area contributed by atoms with E-state index in [9.17, 15) is 26.4 Å². The van der Waals surface area contributed by atoms with Gasteiger partial charge in [0.2, 0.25) is 10.0 Å². The van der Waals surface area contributed by atoms with Crippen LogP contribution in [0.2, 0.25) is 5.02 Å². The number of nitrogens with one attached hydrogen (secondary N) is 1. The summed E-state index contributed by atoms with van der Waals surface area (Å²) >= 11 is 6.06. The number of hydrogen-bond donors (Lipinski definition) is 1. The lowest BCUT2D eigenvalue weighted by Gasteiger charge is -2.28. The molecule has 1 fully saturated rings. The first-order valence-corrected chi connectivity index (χ1v) is 10.4. The molecule has 1 saturated heterocycles. The second-order valence-corrected chi connectivity index (χ2v) is 8.71. The number of alkyl halides is 3. The van der Waals surface area contributed by atoms with Gasteiger partial charge in [-0.1, -0.05) is 17.7 Å². The third kappa shape index (κ3) is 4.41. The molecular weight excluding hydrogens is 417 g/mol. The van der Waals surface area contributed by atoms with E-state index in [0.29, 0.717) is 25.1 Å². The standard InChI is InChI=1S/C18H16ClF3N2O3S/c19-16-7-6-14(24-8-1-2-9-28(24,26)27)11-15(16)17(25)23-13-5-3-4-12(10-13)18(20,21)22/h3-7,10-11H,1-2,8-9H2,(H,23,25). The topological polar surface area (TPSA) is 66.5 Å². The molecule has 1 heterocycles. The van der Waals surface area contributed by atoms with Crippen molar-refractivity contribution in [1.82, 2.24) is 0 Å². The predicted molar refractivity (Wildman–Crippen MR) is 101 cm³/mol. The van der Waals surface area contributed by atoms with Gasteiger partial charge in [-0.15, -0.1) is 0 Å². The van der Waals surface area contributed by atoms with E-state index in [1.165, 1.54) is 34.6 Å². The summed E-state index contributed by atoms with van der Waals surface area (Å²) in [6, 6.07) is 8.41. The zero-order valence-corrected chi connectivity index (χ0v) is 16.0. The van der Waals surface area contributed by atoms with Gasteiger partial charge in [0.05, 0.1) is 27.6 Å². The summed E-state index contributed by atoms with van der Waals surface area (Å²) in [6.07, 6.45) is -3.29. The van der Waals surface area contributed by atoms with Gasteiger partial charge >= 0.3 is 6.18 Å². The first-order valence-electron chi connectivity index (χ1n) is 8.36. The SMILES string of the molecule is O=C(Nc1cccc(C(F)(F)F)c1)c1cc(N2CCCCS2(=O)=O)ccc1Cl. The van der Waals surface area contributed by atoms with Crippen molar-refractivity contribution in [3.8, 4) is 0 Å². The summed E-state index contributed by atoms with van der Waals surface area (Å²) in [7, 11) is -3.48. The number of carbonyl (C=O) groups is 1. The fourth-order valence-electron chi connectivity index (χ4n) is 2.89. The van der Waals surface area contributed by atoms with Crippen molar-refractivity contribution in [3.05, 3.63) is 58.6 Å². The number of halogens is 4. The molecule has 3 rings (SSSR count). The number of amides is 1. The van der Waals surface area contributed by atoms with Crippen molar-refractivity contribution < 1.29 is 26.4 Å². The van der Waals surface area contributed by atoms with Crippen LogP contribution < -0.4 is 9.62 Å². The lowest BCUT2D eigenvalue weighted by molar-refractivity contribution is -0.137. The van der Waals surface area contributed by atoms with Crippen LogP contribution >= 0.6 is 11.6 Å². The molecule has 1 aliphatic rings. The van der Waals surface area contributed by atoms with Gasteiger partial charge in [0.25, 0.3) is 5.91 Å². The van der Waals surface area contributed by atoms with E-state index < -0.39 is 27.7 Å². The predicted octanol–water partition coefficient (Wildman–Crippen LogP) is 4.54. The average molecular weight is 433 g/mol. The molecule has 0 atom stereocenters. The van der Waals surface area contributed by atoms with Crippen molar-refractivity contribution in [2.45, 2.75) is 19.0 Å². The van der Waals surface area contributed by atoms with Gasteiger partial charge in [0.15, 0.2) is 0 Å². The maximum atomic E-state index is 12.8. The highest BCUT2D eigenvalue weighted by Crippen LogP contribution is 2.32. The highest BCUT2D eigenvalue weighted by Gasteiger charge is 2.31. The zero-order chi connectivity index (χ0) is 20.5. The largest absolute Gasteiger partial charge is 0.416 e. The van der Waals surface area contributed by atoms with Crippen LogP contribution in [0, 0.1) is 0 Å². The van der Waals surface area contributed by atoms with E-state index in [0.717, 1.165) is 12.1 Å². The maximum Gasteiger partial charge on any atom is 0.416 e. The molecule has 1 aliphatic heterocycles. The number of nitrogens with zero attached hydrogens (tertiary/aromatic N) is 1. The molecule has 5 nitrogen and oxygen atoms in total. The van der Waals surface area contributed by atoms with E-state index in [1.807, 2.05) is 0 Å². The molecule has 0 spiro atoms. The highest BCUT2D eigenvalue weighted by molar-refractivity contribution is 7.92. The summed E-state index contributed by atoms with van der Waals surface area (Å²) in [5.41, 5.74) is -0.688. The summed E-state index contributed by atoms with van der Waals surface area (Å²) in [6.45, 7) is 0.290. The molecule has 2 aromatic carbocycles. The van der Waals surface area contributed by atoms with Crippen LogP contribution in [0.1, 0.15) is 28.8 Å². The van der Waals surface area contributed by atoms with E-state index in [1.54, 1.807) is 0 Å². The Morgan fingerprint density at radius 2 is 1.86 bits per heavy atom. The minimum Gasteiger partial charge on any atom is -0.322 e. The molecule has 10 heteroatoms. The molecule has 0 aromatic heterocycles. The Bertz CT molecular complexity index is 1010. The number of benzene rings is 2. The number of sulfonamides is 1. The summed E-state index contributed by atoms with van der Waals surface area (Å²) in [5.74, 6) is -0.720. The van der Waals surface area contributed by atoms with E-state index in [4.69, 9.17) is 11.6 Å². The fourth-order valence-corrected chi connectivity index (χ4v) is 4.73. The fraction of sp³-hybridized carbons (Fsp3) is 0.278. The molecule has 1 amide bonds. The lowest BCUT2D eigenvalue weighted by atomic mass is 10.1. The Hall–Kier alpha value is -2.26. The van der Waals surface area contributed by atoms with Gasteiger partial charge in [-0.3, -0.25) is 9.10 Å². The van der Waals surface area contributed by atoms with Gasteiger partial charge in [-0.25, -0.2) is 8.42 Å². The summed E-state index contributed by atoms with van der Waals surface area (Å²) in [5, 5.41) is 2.43. The number of rotatable bonds is 3. The quantitative estimate of drug-likeness (QED) is 0.774. The van der Waals surface area contributed by atoms with Crippen LogP contribution in [0.15, 0.2) is 42.5 Å². The van der Waals surface area contributed by atoms with Crippen molar-refractivity contribution in [1.29, 1.82) is 0 Å². The van der Waals surface area contributed by atoms with Crippen molar-refractivity contribution in [2.75, 3.05) is 21.9 Å². The number of anilines is 2. The average Bonchev–Trinajstić information content (AvgIpc) is 2.61. The molecule has 0 radical (unpaired) electrons. The van der Waals surface area contributed by atoms with Crippen LogP contribution in [0.4, 0.5) is 24.5 Å². The van der Waals surface area contributed by atoms with Gasteiger partial charge < -0.3 is 5.32 Å². The van der Waals surface area contributed by atoms with Crippen molar-refractivity contribution in [2.24, 2.45) is 0 Å². The van der Waals surface area contributed by atoms with E-state index in [-0.39, 0.29) is 22.0 Å². The Morgan fingerprint density at radius 3 is 2.54 bits per heavy atom. The summed E-state index contributed by atoms with van der Waals surface area (Å²) < 4.78 is 64.2. The maximum absolute atomic E-state index is 12.8. The molecule has 150 valence electrons. The Morgan fingerprint density at radius 1 is 1.11 bits per heavy atom. The molecule has 0 saturated carbocycles.